The second kappa shape index (κ2) is 5.91. The summed E-state index contributed by atoms with van der Waals surface area (Å²) in [5.41, 5.74) is 4.99. The van der Waals surface area contributed by atoms with Crippen molar-refractivity contribution in [1.29, 1.82) is 0 Å². The number of rotatable bonds is 3. The lowest BCUT2D eigenvalue weighted by Crippen LogP contribution is -2.52. The van der Waals surface area contributed by atoms with E-state index >= 15 is 0 Å². The van der Waals surface area contributed by atoms with E-state index in [2.05, 4.69) is 5.32 Å². The largest absolute Gasteiger partial charge is 0.416 e. The van der Waals surface area contributed by atoms with Gasteiger partial charge in [0.05, 0.1) is 5.56 Å². The smallest absolute Gasteiger partial charge is 0.369 e. The van der Waals surface area contributed by atoms with Crippen LogP contribution in [0.1, 0.15) is 16.7 Å². The number of alkyl halides is 3. The summed E-state index contributed by atoms with van der Waals surface area (Å²) in [7, 11) is 0. The molecule has 0 spiro atoms. The van der Waals surface area contributed by atoms with Crippen LogP contribution in [0.15, 0.2) is 48.5 Å². The van der Waals surface area contributed by atoms with Crippen LogP contribution < -0.4 is 11.1 Å². The van der Waals surface area contributed by atoms with Gasteiger partial charge in [0.1, 0.15) is 5.41 Å². The molecule has 0 bridgehead atoms. The Morgan fingerprint density at radius 2 is 1.76 bits per heavy atom. The summed E-state index contributed by atoms with van der Waals surface area (Å²) < 4.78 is 38.0. The fourth-order valence-corrected chi connectivity index (χ4v) is 3.03. The number of nitrogens with one attached hydrogen (secondary N) is 1. The summed E-state index contributed by atoms with van der Waals surface area (Å²) in [5.74, 6) is -1.35. The van der Waals surface area contributed by atoms with Crippen LogP contribution in [0.3, 0.4) is 0 Å². The SMILES string of the molecule is NC(=O)[C@@]1(Cc2ccc(C(F)(F)F)cc2)Cc2ccccc2NC1=O. The van der Waals surface area contributed by atoms with Crippen LogP contribution >= 0.6 is 0 Å². The van der Waals surface area contributed by atoms with Gasteiger partial charge in [-0.25, -0.2) is 0 Å². The van der Waals surface area contributed by atoms with E-state index in [0.29, 0.717) is 11.3 Å². The van der Waals surface area contributed by atoms with Crippen LogP contribution in [0.25, 0.3) is 0 Å². The minimum absolute atomic E-state index is 0.0688. The maximum atomic E-state index is 12.7. The van der Waals surface area contributed by atoms with Crippen molar-refractivity contribution >= 4 is 17.5 Å². The Balaban J connectivity index is 1.94. The van der Waals surface area contributed by atoms with E-state index in [1.807, 2.05) is 0 Å². The Hall–Kier alpha value is -2.83. The summed E-state index contributed by atoms with van der Waals surface area (Å²) in [6, 6.07) is 11.4. The molecule has 130 valence electrons. The fourth-order valence-electron chi connectivity index (χ4n) is 3.03. The standard InChI is InChI=1S/C18H15F3N2O2/c19-18(20,21)13-7-5-11(6-8-13)9-17(15(22)24)10-12-3-1-2-4-14(12)23-16(17)25/h1-8H,9-10H2,(H2,22,24)(H,23,25)/t17-/m1/s1. The molecule has 1 atom stereocenters. The van der Waals surface area contributed by atoms with E-state index < -0.39 is 29.0 Å². The molecule has 7 heteroatoms. The van der Waals surface area contributed by atoms with Crippen LogP contribution in [0.5, 0.6) is 0 Å². The van der Waals surface area contributed by atoms with E-state index in [-0.39, 0.29) is 12.8 Å². The molecule has 2 aromatic carbocycles. The number of anilines is 1. The minimum Gasteiger partial charge on any atom is -0.369 e. The van der Waals surface area contributed by atoms with Crippen molar-refractivity contribution in [3.05, 3.63) is 65.2 Å². The molecule has 0 saturated heterocycles. The Morgan fingerprint density at radius 3 is 2.36 bits per heavy atom. The summed E-state index contributed by atoms with van der Waals surface area (Å²) in [5, 5.41) is 2.67. The van der Waals surface area contributed by atoms with Gasteiger partial charge < -0.3 is 11.1 Å². The Morgan fingerprint density at radius 1 is 1.12 bits per heavy atom. The molecule has 1 aliphatic heterocycles. The lowest BCUT2D eigenvalue weighted by Gasteiger charge is -2.34. The molecular weight excluding hydrogens is 333 g/mol. The highest BCUT2D eigenvalue weighted by Gasteiger charge is 2.47. The zero-order valence-corrected chi connectivity index (χ0v) is 13.1. The van der Waals surface area contributed by atoms with Crippen LogP contribution in [0.2, 0.25) is 0 Å². The predicted molar refractivity (Wildman–Crippen MR) is 85.6 cm³/mol. The monoisotopic (exact) mass is 348 g/mol. The fraction of sp³-hybridized carbons (Fsp3) is 0.222. The average molecular weight is 348 g/mol. The van der Waals surface area contributed by atoms with Crippen molar-refractivity contribution in [1.82, 2.24) is 0 Å². The van der Waals surface area contributed by atoms with Crippen molar-refractivity contribution in [2.24, 2.45) is 11.1 Å². The van der Waals surface area contributed by atoms with E-state index in [9.17, 15) is 22.8 Å². The summed E-state index contributed by atoms with van der Waals surface area (Å²) >= 11 is 0. The third-order valence-electron chi connectivity index (χ3n) is 4.45. The molecule has 3 rings (SSSR count). The zero-order valence-electron chi connectivity index (χ0n) is 13.1. The lowest BCUT2D eigenvalue weighted by atomic mass is 9.72. The number of benzene rings is 2. The van der Waals surface area contributed by atoms with Gasteiger partial charge in [0.15, 0.2) is 0 Å². The van der Waals surface area contributed by atoms with Gasteiger partial charge in [-0.1, -0.05) is 30.3 Å². The number of fused-ring (bicyclic) bond motifs is 1. The van der Waals surface area contributed by atoms with Crippen molar-refractivity contribution in [3.63, 3.8) is 0 Å². The van der Waals surface area contributed by atoms with E-state index in [4.69, 9.17) is 5.73 Å². The van der Waals surface area contributed by atoms with Crippen LogP contribution in [0, 0.1) is 5.41 Å². The highest BCUT2D eigenvalue weighted by Crippen LogP contribution is 2.37. The maximum Gasteiger partial charge on any atom is 0.416 e. The number of carbonyl (C=O) groups excluding carboxylic acids is 2. The Bertz CT molecular complexity index is 831. The molecule has 2 amide bonds. The minimum atomic E-state index is -4.44. The van der Waals surface area contributed by atoms with Crippen molar-refractivity contribution in [3.8, 4) is 0 Å². The van der Waals surface area contributed by atoms with Crippen LogP contribution in [-0.4, -0.2) is 11.8 Å². The zero-order chi connectivity index (χ0) is 18.2. The number of primary amides is 1. The molecule has 1 aliphatic rings. The van der Waals surface area contributed by atoms with Gasteiger partial charge in [0, 0.05) is 5.69 Å². The molecule has 0 unspecified atom stereocenters. The number of carbonyl (C=O) groups is 2. The number of nitrogens with two attached hydrogens (primary N) is 1. The third kappa shape index (κ3) is 3.09. The highest BCUT2D eigenvalue weighted by molar-refractivity contribution is 6.12. The van der Waals surface area contributed by atoms with E-state index in [1.54, 1.807) is 24.3 Å². The molecule has 1 heterocycles. The van der Waals surface area contributed by atoms with Gasteiger partial charge in [-0.2, -0.15) is 13.2 Å². The topological polar surface area (TPSA) is 72.2 Å². The first-order valence-corrected chi connectivity index (χ1v) is 7.58. The van der Waals surface area contributed by atoms with Crippen LogP contribution in [0.4, 0.5) is 18.9 Å². The highest BCUT2D eigenvalue weighted by atomic mass is 19.4. The summed E-state index contributed by atoms with van der Waals surface area (Å²) in [6.07, 6.45) is -4.41. The first-order chi connectivity index (χ1) is 11.7. The van der Waals surface area contributed by atoms with Gasteiger partial charge in [-0.15, -0.1) is 0 Å². The van der Waals surface area contributed by atoms with Gasteiger partial charge in [-0.05, 0) is 42.2 Å². The molecule has 4 nitrogen and oxygen atoms in total. The molecular formula is C18H15F3N2O2. The molecule has 0 aromatic heterocycles. The summed E-state index contributed by atoms with van der Waals surface area (Å²) in [4.78, 5) is 24.7. The van der Waals surface area contributed by atoms with Crippen LogP contribution in [-0.2, 0) is 28.6 Å². The second-order valence-electron chi connectivity index (χ2n) is 6.11. The van der Waals surface area contributed by atoms with Gasteiger partial charge >= 0.3 is 6.18 Å². The predicted octanol–water partition coefficient (Wildman–Crippen LogP) is 2.91. The number of amides is 2. The molecule has 2 aromatic rings. The lowest BCUT2D eigenvalue weighted by molar-refractivity contribution is -0.139. The Labute approximate surface area is 141 Å². The molecule has 0 saturated carbocycles. The normalized spacial score (nSPS) is 19.9. The van der Waals surface area contributed by atoms with Gasteiger partial charge in [0.2, 0.25) is 11.8 Å². The summed E-state index contributed by atoms with van der Waals surface area (Å²) in [6.45, 7) is 0. The van der Waals surface area contributed by atoms with E-state index in [1.165, 1.54) is 12.1 Å². The second-order valence-corrected chi connectivity index (χ2v) is 6.11. The number of hydrogen-bond acceptors (Lipinski definition) is 2. The average Bonchev–Trinajstić information content (AvgIpc) is 2.55. The molecule has 0 aliphatic carbocycles. The van der Waals surface area contributed by atoms with Crippen molar-refractivity contribution in [2.45, 2.75) is 19.0 Å². The Kier molecular flexibility index (Phi) is 4.02. The van der Waals surface area contributed by atoms with Gasteiger partial charge in [-0.3, -0.25) is 9.59 Å². The van der Waals surface area contributed by atoms with E-state index in [0.717, 1.165) is 17.7 Å². The van der Waals surface area contributed by atoms with Crippen molar-refractivity contribution in [2.75, 3.05) is 5.32 Å². The third-order valence-corrected chi connectivity index (χ3v) is 4.45. The first-order valence-electron chi connectivity index (χ1n) is 7.58. The molecule has 0 radical (unpaired) electrons. The number of halogens is 3. The molecule has 0 fully saturated rings. The maximum absolute atomic E-state index is 12.7. The van der Waals surface area contributed by atoms with Gasteiger partial charge in [0.25, 0.3) is 0 Å². The number of para-hydroxylation sites is 1. The van der Waals surface area contributed by atoms with Crippen molar-refractivity contribution < 1.29 is 22.8 Å². The molecule has 25 heavy (non-hydrogen) atoms. The number of hydrogen-bond donors (Lipinski definition) is 2. The quantitative estimate of drug-likeness (QED) is 0.837. The molecule has 3 N–H and O–H groups in total. The first kappa shape index (κ1) is 17.0.